The molecule has 0 aromatic heterocycles. The van der Waals surface area contributed by atoms with Crippen LogP contribution in [0.15, 0.2) is 24.3 Å². The standard InChI is InChI=1S/C28H41N3O7/c32-17-24(33)27(36)30(16-18-5-2-1-3-6-18)11-12-31-22-9-10-23(31)15-21(14-22)19-7-4-8-20(13-19)25(34)29-26(35)28(37)38/h4,7-8,13,18,21-24,26,32-33,35H,1-3,5-6,9-12,14-17H2,(H,29,34)(H,37,38)/t21?,22?,23?,24-,26?/m0/s1. The van der Waals surface area contributed by atoms with Gasteiger partial charge in [-0.2, -0.15) is 0 Å². The highest BCUT2D eigenvalue weighted by Crippen LogP contribution is 2.43. The van der Waals surface area contributed by atoms with E-state index in [2.05, 4.69) is 10.2 Å². The Hall–Kier alpha value is -2.53. The highest BCUT2D eigenvalue weighted by molar-refractivity contribution is 5.96. The van der Waals surface area contributed by atoms with Gasteiger partial charge in [-0.3, -0.25) is 14.5 Å². The number of carbonyl (C=O) groups is 3. The topological polar surface area (TPSA) is 151 Å². The largest absolute Gasteiger partial charge is 0.478 e. The van der Waals surface area contributed by atoms with E-state index < -0.39 is 30.8 Å². The molecule has 2 bridgehead atoms. The second kappa shape index (κ2) is 13.0. The first-order chi connectivity index (χ1) is 18.3. The Kier molecular flexibility index (Phi) is 9.75. The van der Waals surface area contributed by atoms with E-state index in [1.54, 1.807) is 23.1 Å². The summed E-state index contributed by atoms with van der Waals surface area (Å²) in [6.45, 7) is 1.33. The van der Waals surface area contributed by atoms with Crippen molar-refractivity contribution in [3.05, 3.63) is 35.4 Å². The minimum absolute atomic E-state index is 0.261. The maximum Gasteiger partial charge on any atom is 0.353 e. The predicted octanol–water partition coefficient (Wildman–Crippen LogP) is 1.29. The van der Waals surface area contributed by atoms with E-state index >= 15 is 0 Å². The van der Waals surface area contributed by atoms with Crippen LogP contribution in [0.4, 0.5) is 0 Å². The molecule has 1 saturated carbocycles. The fourth-order valence-electron chi connectivity index (χ4n) is 6.61. The molecule has 2 saturated heterocycles. The number of benzene rings is 1. The molecule has 1 aromatic carbocycles. The average Bonchev–Trinajstić information content (AvgIpc) is 3.16. The molecule has 0 radical (unpaired) electrons. The third-order valence-electron chi connectivity index (χ3n) is 8.61. The Bertz CT molecular complexity index is 969. The maximum absolute atomic E-state index is 12.8. The van der Waals surface area contributed by atoms with Crippen LogP contribution >= 0.6 is 0 Å². The number of amides is 2. The van der Waals surface area contributed by atoms with Crippen molar-refractivity contribution >= 4 is 17.8 Å². The van der Waals surface area contributed by atoms with E-state index in [1.165, 1.54) is 19.3 Å². The quantitative estimate of drug-likeness (QED) is 0.268. The minimum Gasteiger partial charge on any atom is -0.478 e. The van der Waals surface area contributed by atoms with Crippen LogP contribution in [0.25, 0.3) is 0 Å². The number of fused-ring (bicyclic) bond motifs is 2. The second-order valence-corrected chi connectivity index (χ2v) is 11.1. The molecular formula is C28H41N3O7. The van der Waals surface area contributed by atoms with Crippen LogP contribution in [0.2, 0.25) is 0 Å². The fourth-order valence-corrected chi connectivity index (χ4v) is 6.61. The van der Waals surface area contributed by atoms with Crippen molar-refractivity contribution in [1.29, 1.82) is 0 Å². The number of hydrogen-bond donors (Lipinski definition) is 5. The molecule has 1 aromatic rings. The fraction of sp³-hybridized carbons (Fsp3) is 0.679. The monoisotopic (exact) mass is 531 g/mol. The van der Waals surface area contributed by atoms with Gasteiger partial charge in [0.25, 0.3) is 11.8 Å². The molecule has 3 unspecified atom stereocenters. The normalized spacial score (nSPS) is 25.5. The molecule has 4 rings (SSSR count). The molecule has 3 fully saturated rings. The number of piperidine rings is 1. The molecule has 38 heavy (non-hydrogen) atoms. The number of carboxylic acids is 1. The lowest BCUT2D eigenvalue weighted by molar-refractivity contribution is -0.147. The van der Waals surface area contributed by atoms with Gasteiger partial charge in [-0.1, -0.05) is 31.4 Å². The SMILES string of the molecule is O=C(NC(O)C(=O)O)c1cccc(C2CC3CCC(C2)N3CCN(CC2CCCCC2)C(=O)[C@@H](O)CO)c1. The maximum atomic E-state index is 12.8. The van der Waals surface area contributed by atoms with Crippen molar-refractivity contribution in [2.75, 3.05) is 26.2 Å². The molecule has 10 nitrogen and oxygen atoms in total. The molecule has 0 spiro atoms. The molecular weight excluding hydrogens is 490 g/mol. The smallest absolute Gasteiger partial charge is 0.353 e. The highest BCUT2D eigenvalue weighted by atomic mass is 16.4. The van der Waals surface area contributed by atoms with Gasteiger partial charge in [-0.05, 0) is 68.1 Å². The summed E-state index contributed by atoms with van der Waals surface area (Å²) >= 11 is 0. The van der Waals surface area contributed by atoms with E-state index in [0.717, 1.165) is 50.6 Å². The molecule has 2 amide bonds. The van der Waals surface area contributed by atoms with Crippen molar-refractivity contribution in [3.63, 3.8) is 0 Å². The van der Waals surface area contributed by atoms with Crippen LogP contribution in [0.3, 0.4) is 0 Å². The van der Waals surface area contributed by atoms with Crippen molar-refractivity contribution < 1.29 is 34.8 Å². The summed E-state index contributed by atoms with van der Waals surface area (Å²) in [5.41, 5.74) is 1.34. The van der Waals surface area contributed by atoms with Gasteiger partial charge in [-0.15, -0.1) is 0 Å². The molecule has 5 N–H and O–H groups in total. The summed E-state index contributed by atoms with van der Waals surface area (Å²) in [6.07, 6.45) is 6.46. The van der Waals surface area contributed by atoms with Gasteiger partial charge in [0, 0.05) is 37.3 Å². The summed E-state index contributed by atoms with van der Waals surface area (Å²) in [7, 11) is 0. The lowest BCUT2D eigenvalue weighted by Crippen LogP contribution is -2.50. The van der Waals surface area contributed by atoms with E-state index in [-0.39, 0.29) is 11.8 Å². The average molecular weight is 532 g/mol. The summed E-state index contributed by atoms with van der Waals surface area (Å²) in [4.78, 5) is 40.3. The van der Waals surface area contributed by atoms with Gasteiger partial charge in [-0.25, -0.2) is 4.79 Å². The van der Waals surface area contributed by atoms with E-state index in [9.17, 15) is 29.7 Å². The second-order valence-electron chi connectivity index (χ2n) is 11.1. The van der Waals surface area contributed by atoms with Gasteiger partial charge in [0.2, 0.25) is 6.23 Å². The van der Waals surface area contributed by atoms with E-state index in [4.69, 9.17) is 5.11 Å². The first-order valence-electron chi connectivity index (χ1n) is 13.9. The molecule has 3 aliphatic rings. The zero-order valence-electron chi connectivity index (χ0n) is 21.9. The predicted molar refractivity (Wildman–Crippen MR) is 139 cm³/mol. The Morgan fingerprint density at radius 1 is 1.03 bits per heavy atom. The summed E-state index contributed by atoms with van der Waals surface area (Å²) in [5, 5.41) is 39.8. The van der Waals surface area contributed by atoms with Gasteiger partial charge >= 0.3 is 5.97 Å². The number of aliphatic hydroxyl groups excluding tert-OH is 3. The number of hydrogen-bond acceptors (Lipinski definition) is 7. The van der Waals surface area contributed by atoms with Crippen molar-refractivity contribution in [3.8, 4) is 0 Å². The van der Waals surface area contributed by atoms with Gasteiger partial charge in [0.05, 0.1) is 6.61 Å². The Labute approximate surface area is 223 Å². The lowest BCUT2D eigenvalue weighted by Gasteiger charge is -2.41. The number of carboxylic acid groups (broad SMARTS) is 1. The van der Waals surface area contributed by atoms with Crippen LogP contribution < -0.4 is 5.32 Å². The Morgan fingerprint density at radius 2 is 1.71 bits per heavy atom. The van der Waals surface area contributed by atoms with E-state index in [0.29, 0.717) is 36.7 Å². The van der Waals surface area contributed by atoms with Gasteiger partial charge < -0.3 is 30.6 Å². The molecule has 10 heteroatoms. The zero-order valence-corrected chi connectivity index (χ0v) is 21.9. The highest BCUT2D eigenvalue weighted by Gasteiger charge is 2.41. The molecule has 1 aliphatic carbocycles. The van der Waals surface area contributed by atoms with Gasteiger partial charge in [0.15, 0.2) is 6.10 Å². The zero-order chi connectivity index (χ0) is 27.2. The summed E-state index contributed by atoms with van der Waals surface area (Å²) in [5.74, 6) is -1.82. The number of nitrogens with zero attached hydrogens (tertiary/aromatic N) is 2. The van der Waals surface area contributed by atoms with Crippen molar-refractivity contribution in [2.24, 2.45) is 5.92 Å². The first kappa shape index (κ1) is 28.5. The summed E-state index contributed by atoms with van der Waals surface area (Å²) < 4.78 is 0. The first-order valence-corrected chi connectivity index (χ1v) is 13.9. The number of aliphatic carboxylic acids is 1. The summed E-state index contributed by atoms with van der Waals surface area (Å²) in [6, 6.07) is 7.89. The van der Waals surface area contributed by atoms with Gasteiger partial charge in [0.1, 0.15) is 0 Å². The Balaban J connectivity index is 1.37. The third kappa shape index (κ3) is 6.91. The number of nitrogens with one attached hydrogen (secondary N) is 1. The van der Waals surface area contributed by atoms with Crippen LogP contribution in [-0.2, 0) is 9.59 Å². The number of rotatable bonds is 11. The van der Waals surface area contributed by atoms with Crippen LogP contribution in [0.5, 0.6) is 0 Å². The van der Waals surface area contributed by atoms with Crippen molar-refractivity contribution in [2.45, 2.75) is 88.1 Å². The molecule has 4 atom stereocenters. The molecule has 210 valence electrons. The molecule has 2 aliphatic heterocycles. The third-order valence-corrected chi connectivity index (χ3v) is 8.61. The van der Waals surface area contributed by atoms with Crippen molar-refractivity contribution in [1.82, 2.24) is 15.1 Å². The number of carbonyl (C=O) groups excluding carboxylic acids is 2. The minimum atomic E-state index is -1.95. The lowest BCUT2D eigenvalue weighted by atomic mass is 9.84. The van der Waals surface area contributed by atoms with Crippen LogP contribution in [0, 0.1) is 5.92 Å². The van der Waals surface area contributed by atoms with E-state index in [1.807, 2.05) is 6.07 Å². The molecule has 2 heterocycles. The Morgan fingerprint density at radius 3 is 2.34 bits per heavy atom. The van der Waals surface area contributed by atoms with Crippen LogP contribution in [-0.4, -0.2) is 98.7 Å². The van der Waals surface area contributed by atoms with Crippen LogP contribution in [0.1, 0.15) is 79.6 Å². The number of aliphatic hydroxyl groups is 3.